The Bertz CT molecular complexity index is 443. The molecular formula is C13H15NO2. The Morgan fingerprint density at radius 2 is 2.06 bits per heavy atom. The maximum Gasteiger partial charge on any atom is 0.166 e. The number of fused-ring (bicyclic) bond motifs is 2. The van der Waals surface area contributed by atoms with Gasteiger partial charge in [0.15, 0.2) is 11.5 Å². The van der Waals surface area contributed by atoms with Crippen LogP contribution in [-0.4, -0.2) is 31.2 Å². The molecule has 0 aromatic rings. The maximum atomic E-state index is 5.71. The Morgan fingerprint density at radius 3 is 2.94 bits per heavy atom. The zero-order valence-electron chi connectivity index (χ0n) is 9.56. The van der Waals surface area contributed by atoms with Crippen molar-refractivity contribution in [2.45, 2.75) is 13.0 Å². The second-order valence-electron chi connectivity index (χ2n) is 4.24. The summed E-state index contributed by atoms with van der Waals surface area (Å²) in [6, 6.07) is 0.283. The summed E-state index contributed by atoms with van der Waals surface area (Å²) >= 11 is 0. The smallest absolute Gasteiger partial charge is 0.166 e. The summed E-state index contributed by atoms with van der Waals surface area (Å²) in [4.78, 5) is 2.24. The Labute approximate surface area is 95.3 Å². The van der Waals surface area contributed by atoms with Crippen LogP contribution in [0.25, 0.3) is 0 Å². The van der Waals surface area contributed by atoms with E-state index in [2.05, 4.69) is 37.1 Å². The molecule has 0 bridgehead atoms. The molecule has 0 saturated heterocycles. The lowest BCUT2D eigenvalue weighted by Gasteiger charge is -2.37. The third kappa shape index (κ3) is 1.28. The first-order chi connectivity index (χ1) is 7.77. The molecule has 0 amide bonds. The van der Waals surface area contributed by atoms with E-state index in [9.17, 15) is 0 Å². The summed E-state index contributed by atoms with van der Waals surface area (Å²) in [6.07, 6.45) is 8.43. The number of allylic oxidation sites excluding steroid dienone is 4. The number of hydrogen-bond donors (Lipinski definition) is 0. The molecule has 0 spiro atoms. The lowest BCUT2D eigenvalue weighted by molar-refractivity contribution is 0.0698. The highest BCUT2D eigenvalue weighted by molar-refractivity contribution is 5.48. The van der Waals surface area contributed by atoms with Crippen LogP contribution in [0.1, 0.15) is 6.92 Å². The van der Waals surface area contributed by atoms with Gasteiger partial charge in [-0.2, -0.15) is 0 Å². The van der Waals surface area contributed by atoms with E-state index in [1.54, 1.807) is 0 Å². The van der Waals surface area contributed by atoms with Gasteiger partial charge in [0.05, 0.1) is 6.04 Å². The highest BCUT2D eigenvalue weighted by Gasteiger charge is 2.30. The SMILES string of the molecule is CC1=CC=C2C3=C(C=CC2N1C)OCCO3. The second kappa shape index (κ2) is 3.44. The molecule has 0 aromatic carbocycles. The molecule has 0 N–H and O–H groups in total. The van der Waals surface area contributed by atoms with E-state index in [-0.39, 0.29) is 6.04 Å². The first-order valence-electron chi connectivity index (χ1n) is 5.57. The molecule has 1 atom stereocenters. The molecule has 0 fully saturated rings. The molecule has 3 nitrogen and oxygen atoms in total. The molecule has 1 aliphatic carbocycles. The van der Waals surface area contributed by atoms with Gasteiger partial charge in [-0.05, 0) is 19.1 Å². The molecule has 0 saturated carbocycles. The molecule has 2 heterocycles. The molecule has 3 rings (SSSR count). The minimum Gasteiger partial charge on any atom is -0.486 e. The lowest BCUT2D eigenvalue weighted by atomic mass is 9.94. The van der Waals surface area contributed by atoms with Crippen LogP contribution < -0.4 is 0 Å². The van der Waals surface area contributed by atoms with E-state index in [0.717, 1.165) is 11.5 Å². The number of ether oxygens (including phenoxy) is 2. The van der Waals surface area contributed by atoms with Gasteiger partial charge in [0.2, 0.25) is 0 Å². The molecule has 1 unspecified atom stereocenters. The van der Waals surface area contributed by atoms with Crippen LogP contribution in [0.2, 0.25) is 0 Å². The van der Waals surface area contributed by atoms with Crippen molar-refractivity contribution in [1.82, 2.24) is 4.90 Å². The van der Waals surface area contributed by atoms with Gasteiger partial charge in [0, 0.05) is 18.3 Å². The zero-order chi connectivity index (χ0) is 11.1. The van der Waals surface area contributed by atoms with E-state index in [1.807, 2.05) is 6.08 Å². The third-order valence-corrected chi connectivity index (χ3v) is 3.30. The third-order valence-electron chi connectivity index (χ3n) is 3.30. The van der Waals surface area contributed by atoms with Crippen molar-refractivity contribution >= 4 is 0 Å². The summed E-state index contributed by atoms with van der Waals surface area (Å²) in [5.41, 5.74) is 2.46. The van der Waals surface area contributed by atoms with Gasteiger partial charge < -0.3 is 14.4 Å². The van der Waals surface area contributed by atoms with E-state index in [0.29, 0.717) is 13.2 Å². The summed E-state index contributed by atoms with van der Waals surface area (Å²) in [5, 5.41) is 0. The molecule has 2 aliphatic heterocycles. The first-order valence-corrected chi connectivity index (χ1v) is 5.57. The maximum absolute atomic E-state index is 5.71. The number of hydrogen-bond acceptors (Lipinski definition) is 3. The van der Waals surface area contributed by atoms with Crippen molar-refractivity contribution < 1.29 is 9.47 Å². The second-order valence-corrected chi connectivity index (χ2v) is 4.24. The molecular weight excluding hydrogens is 202 g/mol. The van der Waals surface area contributed by atoms with E-state index >= 15 is 0 Å². The highest BCUT2D eigenvalue weighted by atomic mass is 16.6. The molecule has 0 radical (unpaired) electrons. The van der Waals surface area contributed by atoms with Gasteiger partial charge >= 0.3 is 0 Å². The van der Waals surface area contributed by atoms with Crippen LogP contribution in [0.15, 0.2) is 47.1 Å². The predicted molar refractivity (Wildman–Crippen MR) is 61.5 cm³/mol. The molecule has 3 heteroatoms. The van der Waals surface area contributed by atoms with Crippen molar-refractivity contribution in [3.8, 4) is 0 Å². The van der Waals surface area contributed by atoms with Crippen molar-refractivity contribution in [2.24, 2.45) is 0 Å². The van der Waals surface area contributed by atoms with Crippen molar-refractivity contribution in [3.05, 3.63) is 47.1 Å². The standard InChI is InChI=1S/C13H15NO2/c1-9-3-4-10-11(14(9)2)5-6-12-13(10)16-8-7-15-12/h3-6,11H,7-8H2,1-2H3. The highest BCUT2D eigenvalue weighted by Crippen LogP contribution is 2.34. The summed E-state index contributed by atoms with van der Waals surface area (Å²) in [5.74, 6) is 1.78. The normalized spacial score (nSPS) is 27.4. The Kier molecular flexibility index (Phi) is 2.06. The van der Waals surface area contributed by atoms with E-state index in [4.69, 9.17) is 9.47 Å². The van der Waals surface area contributed by atoms with Gasteiger partial charge in [-0.25, -0.2) is 0 Å². The number of likely N-dealkylation sites (N-methyl/N-ethyl adjacent to an activating group) is 1. The predicted octanol–water partition coefficient (Wildman–Crippen LogP) is 1.96. The monoisotopic (exact) mass is 217 g/mol. The molecule has 3 aliphatic rings. The number of rotatable bonds is 0. The summed E-state index contributed by atoms with van der Waals surface area (Å²) in [7, 11) is 2.10. The Balaban J connectivity index is 2.06. The quantitative estimate of drug-likeness (QED) is 0.619. The minimum absolute atomic E-state index is 0.283. The van der Waals surface area contributed by atoms with E-state index in [1.165, 1.54) is 11.3 Å². The van der Waals surface area contributed by atoms with Crippen LogP contribution in [-0.2, 0) is 9.47 Å². The van der Waals surface area contributed by atoms with Crippen molar-refractivity contribution in [3.63, 3.8) is 0 Å². The fourth-order valence-electron chi connectivity index (χ4n) is 2.26. The minimum atomic E-state index is 0.283. The Morgan fingerprint density at radius 1 is 1.25 bits per heavy atom. The summed E-state index contributed by atoms with van der Waals surface area (Å²) < 4.78 is 11.3. The van der Waals surface area contributed by atoms with Gasteiger partial charge in [0.1, 0.15) is 13.2 Å². The summed E-state index contributed by atoms with van der Waals surface area (Å²) in [6.45, 7) is 3.40. The Hall–Kier alpha value is -1.64. The van der Waals surface area contributed by atoms with Gasteiger partial charge in [-0.3, -0.25) is 0 Å². The zero-order valence-corrected chi connectivity index (χ0v) is 9.56. The van der Waals surface area contributed by atoms with Crippen LogP contribution in [0.3, 0.4) is 0 Å². The molecule has 84 valence electrons. The van der Waals surface area contributed by atoms with Crippen LogP contribution in [0.4, 0.5) is 0 Å². The topological polar surface area (TPSA) is 21.7 Å². The lowest BCUT2D eigenvalue weighted by Crippen LogP contribution is -2.36. The van der Waals surface area contributed by atoms with Gasteiger partial charge in [0.25, 0.3) is 0 Å². The van der Waals surface area contributed by atoms with Crippen molar-refractivity contribution in [1.29, 1.82) is 0 Å². The fraction of sp³-hybridized carbons (Fsp3) is 0.385. The van der Waals surface area contributed by atoms with Crippen LogP contribution in [0.5, 0.6) is 0 Å². The van der Waals surface area contributed by atoms with Crippen LogP contribution >= 0.6 is 0 Å². The molecule has 16 heavy (non-hydrogen) atoms. The van der Waals surface area contributed by atoms with Gasteiger partial charge in [-0.15, -0.1) is 0 Å². The van der Waals surface area contributed by atoms with E-state index < -0.39 is 0 Å². The van der Waals surface area contributed by atoms with Crippen LogP contribution in [0, 0.1) is 0 Å². The average molecular weight is 217 g/mol. The number of nitrogens with zero attached hydrogens (tertiary/aromatic N) is 1. The van der Waals surface area contributed by atoms with Crippen molar-refractivity contribution in [2.75, 3.05) is 20.3 Å². The largest absolute Gasteiger partial charge is 0.486 e. The van der Waals surface area contributed by atoms with Gasteiger partial charge in [-0.1, -0.05) is 12.2 Å². The average Bonchev–Trinajstić information content (AvgIpc) is 2.33. The first kappa shape index (κ1) is 9.58. The molecule has 0 aromatic heterocycles. The fourth-order valence-corrected chi connectivity index (χ4v) is 2.26.